The van der Waals surface area contributed by atoms with Crippen molar-refractivity contribution in [3.8, 4) is 0 Å². The van der Waals surface area contributed by atoms with Crippen molar-refractivity contribution in [2.24, 2.45) is 5.92 Å². The normalized spacial score (nSPS) is 12.9. The highest BCUT2D eigenvalue weighted by molar-refractivity contribution is 9.10. The Labute approximate surface area is 113 Å². The van der Waals surface area contributed by atoms with Gasteiger partial charge in [-0.05, 0) is 37.5 Å². The van der Waals surface area contributed by atoms with Gasteiger partial charge < -0.3 is 10.0 Å². The van der Waals surface area contributed by atoms with Crippen molar-refractivity contribution in [2.75, 3.05) is 11.9 Å². The number of rotatable bonds is 5. The molecule has 1 atom stereocenters. The van der Waals surface area contributed by atoms with E-state index in [0.29, 0.717) is 12.0 Å². The largest absolute Gasteiger partial charge is 0.392 e. The lowest BCUT2D eigenvalue weighted by molar-refractivity contribution is 0.282. The van der Waals surface area contributed by atoms with Crippen molar-refractivity contribution in [1.82, 2.24) is 0 Å². The average molecular weight is 300 g/mol. The van der Waals surface area contributed by atoms with Crippen molar-refractivity contribution in [1.29, 1.82) is 0 Å². The summed E-state index contributed by atoms with van der Waals surface area (Å²) in [6, 6.07) is 6.54. The van der Waals surface area contributed by atoms with E-state index in [4.69, 9.17) is 0 Å². The van der Waals surface area contributed by atoms with E-state index in [0.717, 1.165) is 22.1 Å². The molecule has 0 saturated carbocycles. The van der Waals surface area contributed by atoms with E-state index in [1.165, 1.54) is 0 Å². The molecule has 0 aromatic heterocycles. The average Bonchev–Trinajstić information content (AvgIpc) is 2.27. The minimum atomic E-state index is 0.0769. The highest BCUT2D eigenvalue weighted by Crippen LogP contribution is 2.26. The molecule has 1 aromatic carbocycles. The molecule has 3 heteroatoms. The van der Waals surface area contributed by atoms with Crippen LogP contribution in [0.1, 0.15) is 32.8 Å². The van der Waals surface area contributed by atoms with Crippen LogP contribution >= 0.6 is 15.9 Å². The SMILES string of the molecule is CC(C)CC(C)N(C)c1ccc(Br)cc1CO. The van der Waals surface area contributed by atoms with Crippen molar-refractivity contribution < 1.29 is 5.11 Å². The van der Waals surface area contributed by atoms with Gasteiger partial charge in [0.05, 0.1) is 6.61 Å². The second kappa shape index (κ2) is 6.41. The summed E-state index contributed by atoms with van der Waals surface area (Å²) in [7, 11) is 2.09. The van der Waals surface area contributed by atoms with Crippen LogP contribution in [-0.2, 0) is 6.61 Å². The summed E-state index contributed by atoms with van der Waals surface area (Å²) in [4.78, 5) is 2.25. The molecule has 0 amide bonds. The zero-order valence-corrected chi connectivity index (χ0v) is 12.7. The fourth-order valence-corrected chi connectivity index (χ4v) is 2.51. The summed E-state index contributed by atoms with van der Waals surface area (Å²) in [6.45, 7) is 6.77. The first kappa shape index (κ1) is 14.5. The minimum absolute atomic E-state index is 0.0769. The van der Waals surface area contributed by atoms with Crippen LogP contribution in [0.4, 0.5) is 5.69 Å². The summed E-state index contributed by atoms with van der Waals surface area (Å²) in [5.74, 6) is 0.681. The van der Waals surface area contributed by atoms with Gasteiger partial charge in [-0.25, -0.2) is 0 Å². The smallest absolute Gasteiger partial charge is 0.0702 e. The van der Waals surface area contributed by atoms with Gasteiger partial charge in [-0.2, -0.15) is 0 Å². The van der Waals surface area contributed by atoms with Crippen molar-refractivity contribution >= 4 is 21.6 Å². The fourth-order valence-electron chi connectivity index (χ4n) is 2.10. The Kier molecular flexibility index (Phi) is 5.47. The van der Waals surface area contributed by atoms with Gasteiger partial charge in [0.2, 0.25) is 0 Å². The number of halogens is 1. The number of benzene rings is 1. The Hall–Kier alpha value is -0.540. The zero-order chi connectivity index (χ0) is 13.0. The second-order valence-electron chi connectivity index (χ2n) is 5.02. The van der Waals surface area contributed by atoms with Crippen LogP contribution in [0.25, 0.3) is 0 Å². The maximum Gasteiger partial charge on any atom is 0.0702 e. The first-order valence-corrected chi connectivity index (χ1v) is 6.87. The van der Waals surface area contributed by atoms with Crippen LogP contribution in [0.5, 0.6) is 0 Å². The lowest BCUT2D eigenvalue weighted by Gasteiger charge is -2.30. The van der Waals surface area contributed by atoms with Gasteiger partial charge in [-0.1, -0.05) is 29.8 Å². The molecule has 0 radical (unpaired) electrons. The molecule has 0 heterocycles. The van der Waals surface area contributed by atoms with Gasteiger partial charge in [-0.3, -0.25) is 0 Å². The first-order valence-electron chi connectivity index (χ1n) is 6.07. The third kappa shape index (κ3) is 4.00. The van der Waals surface area contributed by atoms with Crippen LogP contribution in [0, 0.1) is 5.92 Å². The lowest BCUT2D eigenvalue weighted by atomic mass is 10.0. The number of aliphatic hydroxyl groups excluding tert-OH is 1. The van der Waals surface area contributed by atoms with E-state index in [2.05, 4.69) is 54.7 Å². The Morgan fingerprint density at radius 2 is 1.94 bits per heavy atom. The standard InChI is InChI=1S/C14H22BrNO/c1-10(2)7-11(3)16(4)14-6-5-13(15)8-12(14)9-17/h5-6,8,10-11,17H,7,9H2,1-4H3. The number of hydrogen-bond acceptors (Lipinski definition) is 2. The molecule has 96 valence electrons. The molecule has 0 aliphatic heterocycles. The lowest BCUT2D eigenvalue weighted by Crippen LogP contribution is -2.30. The number of anilines is 1. The van der Waals surface area contributed by atoms with Gasteiger partial charge in [0, 0.05) is 28.8 Å². The molecule has 0 aliphatic rings. The molecule has 1 unspecified atom stereocenters. The van der Waals surface area contributed by atoms with Crippen LogP contribution in [0.15, 0.2) is 22.7 Å². The molecular weight excluding hydrogens is 278 g/mol. The topological polar surface area (TPSA) is 23.5 Å². The molecule has 0 fully saturated rings. The predicted octanol–water partition coefficient (Wildman–Crippen LogP) is 3.81. The van der Waals surface area contributed by atoms with E-state index >= 15 is 0 Å². The van der Waals surface area contributed by atoms with Crippen LogP contribution < -0.4 is 4.90 Å². The Bertz CT molecular complexity index is 365. The van der Waals surface area contributed by atoms with E-state index in [1.807, 2.05) is 12.1 Å². The zero-order valence-electron chi connectivity index (χ0n) is 11.1. The first-order chi connectivity index (χ1) is 7.95. The molecular formula is C14H22BrNO. The molecule has 0 bridgehead atoms. The number of hydrogen-bond donors (Lipinski definition) is 1. The second-order valence-corrected chi connectivity index (χ2v) is 5.94. The van der Waals surface area contributed by atoms with Crippen LogP contribution in [-0.4, -0.2) is 18.2 Å². The Morgan fingerprint density at radius 3 is 2.47 bits per heavy atom. The highest BCUT2D eigenvalue weighted by Gasteiger charge is 2.14. The number of nitrogens with zero attached hydrogens (tertiary/aromatic N) is 1. The number of aliphatic hydroxyl groups is 1. The van der Waals surface area contributed by atoms with E-state index in [9.17, 15) is 5.11 Å². The van der Waals surface area contributed by atoms with E-state index in [1.54, 1.807) is 0 Å². The van der Waals surface area contributed by atoms with Gasteiger partial charge in [0.15, 0.2) is 0 Å². The van der Waals surface area contributed by atoms with E-state index in [-0.39, 0.29) is 6.61 Å². The van der Waals surface area contributed by atoms with Crippen LogP contribution in [0.3, 0.4) is 0 Å². The molecule has 0 aliphatic carbocycles. The van der Waals surface area contributed by atoms with Crippen molar-refractivity contribution in [3.05, 3.63) is 28.2 Å². The summed E-state index contributed by atoms with van der Waals surface area (Å²) < 4.78 is 1.01. The molecule has 0 saturated heterocycles. The maximum absolute atomic E-state index is 9.41. The monoisotopic (exact) mass is 299 g/mol. The van der Waals surface area contributed by atoms with Crippen molar-refractivity contribution in [2.45, 2.75) is 39.8 Å². The minimum Gasteiger partial charge on any atom is -0.392 e. The molecule has 17 heavy (non-hydrogen) atoms. The third-order valence-electron chi connectivity index (χ3n) is 3.07. The van der Waals surface area contributed by atoms with E-state index < -0.39 is 0 Å². The summed E-state index contributed by atoms with van der Waals surface area (Å²) in [5.41, 5.74) is 2.08. The Morgan fingerprint density at radius 1 is 1.29 bits per heavy atom. The summed E-state index contributed by atoms with van der Waals surface area (Å²) in [5, 5.41) is 9.41. The van der Waals surface area contributed by atoms with Gasteiger partial charge in [-0.15, -0.1) is 0 Å². The molecule has 1 aromatic rings. The van der Waals surface area contributed by atoms with Gasteiger partial charge >= 0.3 is 0 Å². The summed E-state index contributed by atoms with van der Waals surface area (Å²) in [6.07, 6.45) is 1.15. The quantitative estimate of drug-likeness (QED) is 0.894. The summed E-state index contributed by atoms with van der Waals surface area (Å²) >= 11 is 3.43. The Balaban J connectivity index is 2.91. The molecule has 0 spiro atoms. The fraction of sp³-hybridized carbons (Fsp3) is 0.571. The van der Waals surface area contributed by atoms with Gasteiger partial charge in [0.25, 0.3) is 0 Å². The van der Waals surface area contributed by atoms with Crippen molar-refractivity contribution in [3.63, 3.8) is 0 Å². The highest BCUT2D eigenvalue weighted by atomic mass is 79.9. The predicted molar refractivity (Wildman–Crippen MR) is 77.4 cm³/mol. The maximum atomic E-state index is 9.41. The third-order valence-corrected chi connectivity index (χ3v) is 3.56. The van der Waals surface area contributed by atoms with Crippen LogP contribution in [0.2, 0.25) is 0 Å². The molecule has 1 rings (SSSR count). The van der Waals surface area contributed by atoms with Gasteiger partial charge in [0.1, 0.15) is 0 Å². The molecule has 1 N–H and O–H groups in total. The molecule has 2 nitrogen and oxygen atoms in total.